The van der Waals surface area contributed by atoms with Gasteiger partial charge in [0.2, 0.25) is 5.91 Å². The van der Waals surface area contributed by atoms with Crippen molar-refractivity contribution in [3.63, 3.8) is 0 Å². The number of rotatable bonds is 7. The molecule has 0 saturated carbocycles. The highest BCUT2D eigenvalue weighted by molar-refractivity contribution is 6.30. The number of nitrogens with one attached hydrogen (secondary N) is 2. The first-order valence-corrected chi connectivity index (χ1v) is 11.3. The largest absolute Gasteiger partial charge is 0.416 e. The van der Waals surface area contributed by atoms with Crippen molar-refractivity contribution in [1.82, 2.24) is 15.5 Å². The van der Waals surface area contributed by atoms with Crippen molar-refractivity contribution in [2.75, 3.05) is 13.1 Å². The molecule has 2 amide bonds. The maximum atomic E-state index is 12.8. The number of hydrogen-bond donors (Lipinski definition) is 2. The summed E-state index contributed by atoms with van der Waals surface area (Å²) < 4.78 is 38.5. The first-order chi connectivity index (χ1) is 15.7. The van der Waals surface area contributed by atoms with E-state index in [9.17, 15) is 22.8 Å². The molecule has 3 rings (SSSR count). The Morgan fingerprint density at radius 3 is 2.55 bits per heavy atom. The molecule has 2 atom stereocenters. The number of amides is 2. The number of halogens is 4. The molecule has 2 aromatic carbocycles. The molecule has 1 saturated heterocycles. The van der Waals surface area contributed by atoms with E-state index in [1.54, 1.807) is 0 Å². The predicted molar refractivity (Wildman–Crippen MR) is 121 cm³/mol. The van der Waals surface area contributed by atoms with Crippen molar-refractivity contribution in [3.8, 4) is 0 Å². The van der Waals surface area contributed by atoms with Crippen LogP contribution in [0.2, 0.25) is 5.02 Å². The first kappa shape index (κ1) is 25.1. The zero-order valence-electron chi connectivity index (χ0n) is 18.3. The van der Waals surface area contributed by atoms with Gasteiger partial charge in [0.15, 0.2) is 0 Å². The molecule has 0 spiro atoms. The fourth-order valence-corrected chi connectivity index (χ4v) is 4.19. The lowest BCUT2D eigenvalue weighted by Gasteiger charge is -2.39. The van der Waals surface area contributed by atoms with Gasteiger partial charge in [-0.2, -0.15) is 13.2 Å². The molecule has 33 heavy (non-hydrogen) atoms. The van der Waals surface area contributed by atoms with Crippen LogP contribution in [0.5, 0.6) is 0 Å². The van der Waals surface area contributed by atoms with Gasteiger partial charge in [-0.05, 0) is 55.2 Å². The highest BCUT2D eigenvalue weighted by atomic mass is 35.5. The number of carbonyl (C=O) groups excluding carboxylic acids is 2. The summed E-state index contributed by atoms with van der Waals surface area (Å²) in [6.45, 7) is 3.45. The van der Waals surface area contributed by atoms with Crippen molar-refractivity contribution >= 4 is 23.4 Å². The molecule has 9 heteroatoms. The normalized spacial score (nSPS) is 19.2. The van der Waals surface area contributed by atoms with Crippen LogP contribution in [0.15, 0.2) is 48.5 Å². The molecule has 0 aliphatic carbocycles. The Morgan fingerprint density at radius 2 is 1.88 bits per heavy atom. The highest BCUT2D eigenvalue weighted by Gasteiger charge is 2.31. The molecule has 1 aliphatic heterocycles. The third-order valence-corrected chi connectivity index (χ3v) is 6.09. The average Bonchev–Trinajstić information content (AvgIpc) is 2.79. The van der Waals surface area contributed by atoms with Gasteiger partial charge in [0.25, 0.3) is 5.91 Å². The van der Waals surface area contributed by atoms with E-state index in [0.717, 1.165) is 44.5 Å². The van der Waals surface area contributed by atoms with Gasteiger partial charge in [0, 0.05) is 35.8 Å². The van der Waals surface area contributed by atoms with E-state index in [4.69, 9.17) is 11.6 Å². The smallest absolute Gasteiger partial charge is 0.352 e. The second kappa shape index (κ2) is 11.0. The third kappa shape index (κ3) is 7.20. The Hall–Kier alpha value is -2.58. The minimum atomic E-state index is -4.54. The number of benzene rings is 2. The van der Waals surface area contributed by atoms with Gasteiger partial charge < -0.3 is 10.6 Å². The summed E-state index contributed by atoms with van der Waals surface area (Å²) in [6.07, 6.45) is -2.03. The number of alkyl halides is 3. The molecule has 2 N–H and O–H groups in total. The second-order valence-corrected chi connectivity index (χ2v) is 8.65. The molecule has 2 aromatic rings. The fourth-order valence-electron chi connectivity index (χ4n) is 4.07. The quantitative estimate of drug-likeness (QED) is 0.605. The van der Waals surface area contributed by atoms with Gasteiger partial charge in [-0.25, -0.2) is 0 Å². The van der Waals surface area contributed by atoms with Crippen molar-refractivity contribution in [2.24, 2.45) is 0 Å². The van der Waals surface area contributed by atoms with Crippen LogP contribution in [0.4, 0.5) is 13.2 Å². The van der Waals surface area contributed by atoms with E-state index < -0.39 is 17.6 Å². The monoisotopic (exact) mass is 481 g/mol. The topological polar surface area (TPSA) is 61.4 Å². The van der Waals surface area contributed by atoms with Gasteiger partial charge in [-0.3, -0.25) is 14.5 Å². The summed E-state index contributed by atoms with van der Waals surface area (Å²) in [7, 11) is 0. The van der Waals surface area contributed by atoms with E-state index in [2.05, 4.69) is 22.5 Å². The molecule has 1 heterocycles. The predicted octanol–water partition coefficient (Wildman–Crippen LogP) is 4.65. The second-order valence-electron chi connectivity index (χ2n) is 8.21. The molecule has 0 aromatic heterocycles. The van der Waals surface area contributed by atoms with Gasteiger partial charge in [-0.1, -0.05) is 36.7 Å². The van der Waals surface area contributed by atoms with E-state index in [1.807, 2.05) is 24.3 Å². The molecule has 0 bridgehead atoms. The fraction of sp³-hybridized carbons (Fsp3) is 0.417. The summed E-state index contributed by atoms with van der Waals surface area (Å²) in [4.78, 5) is 26.9. The summed E-state index contributed by atoms with van der Waals surface area (Å²) in [5, 5.41) is 6.04. The van der Waals surface area contributed by atoms with Gasteiger partial charge in [0.1, 0.15) is 0 Å². The van der Waals surface area contributed by atoms with Crippen LogP contribution < -0.4 is 10.6 Å². The standard InChI is InChI=1S/C24H27ClF3N3O2/c1-2-21-13-20(10-11-31(21)15-16-6-8-19(25)9-7-16)30-22(32)14-29-23(33)17-4-3-5-18(12-17)24(26,27)28/h3-9,12,20-21H,2,10-11,13-15H2,1H3,(H,29,33)(H,30,32)/t20-,21-/m0/s1. The molecule has 1 fully saturated rings. The third-order valence-electron chi connectivity index (χ3n) is 5.83. The van der Waals surface area contributed by atoms with Crippen molar-refractivity contribution in [1.29, 1.82) is 0 Å². The number of likely N-dealkylation sites (tertiary alicyclic amines) is 1. The van der Waals surface area contributed by atoms with Crippen LogP contribution in [0.25, 0.3) is 0 Å². The summed E-state index contributed by atoms with van der Waals surface area (Å²) in [6, 6.07) is 12.2. The molecule has 0 unspecified atom stereocenters. The minimum Gasteiger partial charge on any atom is -0.352 e. The Bertz CT molecular complexity index is 966. The lowest BCUT2D eigenvalue weighted by atomic mass is 9.94. The zero-order chi connectivity index (χ0) is 24.0. The number of carbonyl (C=O) groups is 2. The Morgan fingerprint density at radius 1 is 1.15 bits per heavy atom. The maximum absolute atomic E-state index is 12.8. The van der Waals surface area contributed by atoms with Crippen LogP contribution in [0, 0.1) is 0 Å². The summed E-state index contributed by atoms with van der Waals surface area (Å²) in [5.41, 5.74) is 0.132. The first-order valence-electron chi connectivity index (χ1n) is 10.9. The minimum absolute atomic E-state index is 0.0191. The molecule has 0 radical (unpaired) electrons. The van der Waals surface area contributed by atoms with E-state index in [-0.39, 0.29) is 24.1 Å². The molecular weight excluding hydrogens is 455 g/mol. The van der Waals surface area contributed by atoms with Crippen molar-refractivity contribution in [3.05, 3.63) is 70.2 Å². The van der Waals surface area contributed by atoms with Crippen LogP contribution in [-0.4, -0.2) is 41.9 Å². The Kier molecular flexibility index (Phi) is 8.37. The molecule has 1 aliphatic rings. The molecular formula is C24H27ClF3N3O2. The Labute approximate surface area is 196 Å². The van der Waals surface area contributed by atoms with Crippen LogP contribution in [0.1, 0.15) is 47.7 Å². The molecule has 178 valence electrons. The van der Waals surface area contributed by atoms with Crippen molar-refractivity contribution < 1.29 is 22.8 Å². The summed E-state index contributed by atoms with van der Waals surface area (Å²) in [5.74, 6) is -1.08. The van der Waals surface area contributed by atoms with E-state index in [1.165, 1.54) is 17.7 Å². The summed E-state index contributed by atoms with van der Waals surface area (Å²) >= 11 is 5.96. The number of nitrogens with zero attached hydrogens (tertiary/aromatic N) is 1. The Balaban J connectivity index is 1.48. The lowest BCUT2D eigenvalue weighted by molar-refractivity contribution is -0.137. The van der Waals surface area contributed by atoms with Gasteiger partial charge in [0.05, 0.1) is 12.1 Å². The van der Waals surface area contributed by atoms with E-state index in [0.29, 0.717) is 11.1 Å². The van der Waals surface area contributed by atoms with Crippen molar-refractivity contribution in [2.45, 2.75) is 51.0 Å². The lowest BCUT2D eigenvalue weighted by Crippen LogP contribution is -2.51. The van der Waals surface area contributed by atoms with Gasteiger partial charge in [-0.15, -0.1) is 0 Å². The van der Waals surface area contributed by atoms with Crippen LogP contribution in [-0.2, 0) is 17.5 Å². The average molecular weight is 482 g/mol. The number of piperidine rings is 1. The highest BCUT2D eigenvalue weighted by Crippen LogP contribution is 2.29. The molecule has 5 nitrogen and oxygen atoms in total. The van der Waals surface area contributed by atoms with Crippen LogP contribution in [0.3, 0.4) is 0 Å². The number of hydrogen-bond acceptors (Lipinski definition) is 3. The van der Waals surface area contributed by atoms with Crippen LogP contribution >= 0.6 is 11.6 Å². The maximum Gasteiger partial charge on any atom is 0.416 e. The van der Waals surface area contributed by atoms with Gasteiger partial charge >= 0.3 is 6.18 Å². The van der Waals surface area contributed by atoms with E-state index >= 15 is 0 Å². The zero-order valence-corrected chi connectivity index (χ0v) is 19.0. The SMILES string of the molecule is CC[C@H]1C[C@@H](NC(=O)CNC(=O)c2cccc(C(F)(F)F)c2)CCN1Cc1ccc(Cl)cc1.